The molecule has 1 aliphatic rings. The molecule has 20 heavy (non-hydrogen) atoms. The average Bonchev–Trinajstić information content (AvgIpc) is 2.46. The van der Waals surface area contributed by atoms with E-state index in [2.05, 4.69) is 16.9 Å². The molecule has 0 amide bonds. The maximum Gasteiger partial charge on any atom is 0.339 e. The van der Waals surface area contributed by atoms with Crippen LogP contribution in [0.5, 0.6) is 0 Å². The van der Waals surface area contributed by atoms with Crippen LogP contribution < -0.4 is 0 Å². The van der Waals surface area contributed by atoms with Crippen molar-refractivity contribution in [2.75, 3.05) is 0 Å². The summed E-state index contributed by atoms with van der Waals surface area (Å²) >= 11 is 0. The number of carboxylic acid groups (broad SMARTS) is 1. The Bertz CT molecular complexity index is 477. The highest BCUT2D eigenvalue weighted by Gasteiger charge is 2.25. The Morgan fingerprint density at radius 2 is 2.00 bits per heavy atom. The quantitative estimate of drug-likeness (QED) is 0.903. The van der Waals surface area contributed by atoms with Crippen LogP contribution in [-0.2, 0) is 0 Å². The van der Waals surface area contributed by atoms with E-state index in [1.807, 2.05) is 13.8 Å². The second-order valence-electron chi connectivity index (χ2n) is 6.11. The molecule has 1 aliphatic carbocycles. The van der Waals surface area contributed by atoms with Crippen molar-refractivity contribution in [3.63, 3.8) is 0 Å². The highest BCUT2D eigenvalue weighted by molar-refractivity contribution is 5.88. The van der Waals surface area contributed by atoms with Crippen molar-refractivity contribution in [3.8, 4) is 0 Å². The van der Waals surface area contributed by atoms with E-state index in [0.717, 1.165) is 24.6 Å². The molecular formula is C16H24N2O2. The number of carbonyl (C=O) groups is 1. The Balaban J connectivity index is 2.21. The maximum atomic E-state index is 11.2. The van der Waals surface area contributed by atoms with E-state index in [9.17, 15) is 9.90 Å². The fraction of sp³-hybridized carbons (Fsp3) is 0.688. The lowest BCUT2D eigenvalue weighted by atomic mass is 9.80. The van der Waals surface area contributed by atoms with E-state index in [-0.39, 0.29) is 11.5 Å². The minimum absolute atomic E-state index is 0.106. The molecule has 1 heterocycles. The minimum Gasteiger partial charge on any atom is -0.478 e. The maximum absolute atomic E-state index is 11.2. The van der Waals surface area contributed by atoms with Gasteiger partial charge in [0.05, 0.1) is 11.3 Å². The van der Waals surface area contributed by atoms with Crippen LogP contribution in [0.15, 0.2) is 6.20 Å². The smallest absolute Gasteiger partial charge is 0.339 e. The highest BCUT2D eigenvalue weighted by Crippen LogP contribution is 2.36. The molecule has 0 radical (unpaired) electrons. The summed E-state index contributed by atoms with van der Waals surface area (Å²) in [4.78, 5) is 20.1. The van der Waals surface area contributed by atoms with Gasteiger partial charge in [0.25, 0.3) is 0 Å². The van der Waals surface area contributed by atoms with E-state index in [1.54, 1.807) is 0 Å². The van der Waals surface area contributed by atoms with E-state index in [4.69, 9.17) is 0 Å². The predicted molar refractivity (Wildman–Crippen MR) is 78.1 cm³/mol. The van der Waals surface area contributed by atoms with Crippen LogP contribution in [0.3, 0.4) is 0 Å². The number of hydrogen-bond acceptors (Lipinski definition) is 3. The van der Waals surface area contributed by atoms with Crippen molar-refractivity contribution in [3.05, 3.63) is 23.3 Å². The summed E-state index contributed by atoms with van der Waals surface area (Å²) in [5.74, 6) is 1.25. The molecule has 1 aromatic heterocycles. The molecule has 1 fully saturated rings. The second kappa shape index (κ2) is 6.33. The van der Waals surface area contributed by atoms with Gasteiger partial charge in [-0.2, -0.15) is 0 Å². The van der Waals surface area contributed by atoms with Crippen molar-refractivity contribution >= 4 is 5.97 Å². The van der Waals surface area contributed by atoms with Gasteiger partial charge in [-0.25, -0.2) is 14.8 Å². The Morgan fingerprint density at radius 3 is 2.50 bits per heavy atom. The SMILES string of the molecule is CCC1CCC(c2ncc(C(=O)O)c(C(C)C)n2)CC1. The first-order chi connectivity index (χ1) is 9.52. The lowest BCUT2D eigenvalue weighted by Crippen LogP contribution is -2.17. The van der Waals surface area contributed by atoms with Crippen LogP contribution in [0.25, 0.3) is 0 Å². The first-order valence-corrected chi connectivity index (χ1v) is 7.63. The van der Waals surface area contributed by atoms with Crippen LogP contribution in [-0.4, -0.2) is 21.0 Å². The minimum atomic E-state index is -0.935. The average molecular weight is 276 g/mol. The summed E-state index contributed by atoms with van der Waals surface area (Å²) in [5, 5.41) is 9.20. The van der Waals surface area contributed by atoms with Crippen LogP contribution in [0.2, 0.25) is 0 Å². The normalized spacial score (nSPS) is 23.0. The Kier molecular flexibility index (Phi) is 4.73. The Labute approximate surface area is 120 Å². The molecule has 0 atom stereocenters. The third kappa shape index (κ3) is 3.17. The molecule has 0 spiro atoms. The van der Waals surface area contributed by atoms with Crippen LogP contribution in [0, 0.1) is 5.92 Å². The monoisotopic (exact) mass is 276 g/mol. The number of aromatic nitrogens is 2. The molecule has 2 rings (SSSR count). The van der Waals surface area contributed by atoms with Crippen molar-refractivity contribution in [1.29, 1.82) is 0 Å². The van der Waals surface area contributed by atoms with Gasteiger partial charge >= 0.3 is 5.97 Å². The molecule has 0 aromatic carbocycles. The second-order valence-corrected chi connectivity index (χ2v) is 6.11. The third-order valence-electron chi connectivity index (χ3n) is 4.40. The number of carboxylic acids is 1. The fourth-order valence-corrected chi connectivity index (χ4v) is 3.04. The molecular weight excluding hydrogens is 252 g/mol. The van der Waals surface area contributed by atoms with Gasteiger partial charge in [-0.05, 0) is 37.5 Å². The predicted octanol–water partition coefficient (Wildman–Crippen LogP) is 3.98. The van der Waals surface area contributed by atoms with Gasteiger partial charge in [-0.15, -0.1) is 0 Å². The number of nitrogens with zero attached hydrogens (tertiary/aromatic N) is 2. The van der Waals surface area contributed by atoms with Gasteiger partial charge in [-0.1, -0.05) is 27.2 Å². The molecule has 4 nitrogen and oxygen atoms in total. The molecule has 0 aliphatic heterocycles. The first kappa shape index (κ1) is 14.9. The van der Waals surface area contributed by atoms with E-state index >= 15 is 0 Å². The molecule has 0 saturated heterocycles. The standard InChI is InChI=1S/C16H24N2O2/c1-4-11-5-7-12(8-6-11)15-17-9-13(16(19)20)14(18-15)10(2)3/h9-12H,4-8H2,1-3H3,(H,19,20). The summed E-state index contributed by atoms with van der Waals surface area (Å²) in [5.41, 5.74) is 0.908. The van der Waals surface area contributed by atoms with Gasteiger partial charge in [-0.3, -0.25) is 0 Å². The van der Waals surface area contributed by atoms with Gasteiger partial charge in [0.2, 0.25) is 0 Å². The molecule has 1 saturated carbocycles. The summed E-state index contributed by atoms with van der Waals surface area (Å²) in [6, 6.07) is 0. The third-order valence-corrected chi connectivity index (χ3v) is 4.40. The Hall–Kier alpha value is -1.45. The van der Waals surface area contributed by atoms with Crippen molar-refractivity contribution in [2.45, 2.75) is 64.7 Å². The molecule has 1 N–H and O–H groups in total. The topological polar surface area (TPSA) is 63.1 Å². The largest absolute Gasteiger partial charge is 0.478 e. The zero-order valence-corrected chi connectivity index (χ0v) is 12.6. The van der Waals surface area contributed by atoms with Crippen molar-refractivity contribution in [2.24, 2.45) is 5.92 Å². The van der Waals surface area contributed by atoms with Gasteiger partial charge in [0.1, 0.15) is 5.82 Å². The van der Waals surface area contributed by atoms with E-state index in [1.165, 1.54) is 25.5 Å². The summed E-state index contributed by atoms with van der Waals surface area (Å²) in [6.07, 6.45) is 7.48. The number of rotatable bonds is 4. The van der Waals surface area contributed by atoms with Gasteiger partial charge in [0, 0.05) is 12.1 Å². The zero-order chi connectivity index (χ0) is 14.7. The molecule has 110 valence electrons. The summed E-state index contributed by atoms with van der Waals surface area (Å²) < 4.78 is 0. The van der Waals surface area contributed by atoms with Gasteiger partial charge < -0.3 is 5.11 Å². The first-order valence-electron chi connectivity index (χ1n) is 7.63. The highest BCUT2D eigenvalue weighted by atomic mass is 16.4. The van der Waals surface area contributed by atoms with Crippen molar-refractivity contribution < 1.29 is 9.90 Å². The summed E-state index contributed by atoms with van der Waals surface area (Å²) in [6.45, 7) is 6.21. The van der Waals surface area contributed by atoms with Crippen molar-refractivity contribution in [1.82, 2.24) is 9.97 Å². The van der Waals surface area contributed by atoms with Crippen LogP contribution in [0.1, 0.15) is 86.6 Å². The fourth-order valence-electron chi connectivity index (χ4n) is 3.04. The van der Waals surface area contributed by atoms with Crippen LogP contribution >= 0.6 is 0 Å². The molecule has 0 unspecified atom stereocenters. The molecule has 0 bridgehead atoms. The Morgan fingerprint density at radius 1 is 1.35 bits per heavy atom. The zero-order valence-electron chi connectivity index (χ0n) is 12.6. The molecule has 1 aromatic rings. The van der Waals surface area contributed by atoms with Crippen LogP contribution in [0.4, 0.5) is 0 Å². The van der Waals surface area contributed by atoms with E-state index in [0.29, 0.717) is 11.6 Å². The number of aromatic carboxylic acids is 1. The lowest BCUT2D eigenvalue weighted by Gasteiger charge is -2.27. The van der Waals surface area contributed by atoms with E-state index < -0.39 is 5.97 Å². The summed E-state index contributed by atoms with van der Waals surface area (Å²) in [7, 11) is 0. The molecule has 4 heteroatoms. The van der Waals surface area contributed by atoms with Gasteiger partial charge in [0.15, 0.2) is 0 Å². The lowest BCUT2D eigenvalue weighted by molar-refractivity contribution is 0.0694. The number of hydrogen-bond donors (Lipinski definition) is 1.